The molecule has 3 heterocycles. The molecule has 0 bridgehead atoms. The summed E-state index contributed by atoms with van der Waals surface area (Å²) in [5, 5.41) is 11.5. The Hall–Kier alpha value is -3.69. The number of fused-ring (bicyclic) bond motifs is 2. The first kappa shape index (κ1) is 25.0. The lowest BCUT2D eigenvalue weighted by Gasteiger charge is -2.35. The summed E-state index contributed by atoms with van der Waals surface area (Å²) in [5.74, 6) is -1.84. The smallest absolute Gasteiger partial charge is 0.296 e. The van der Waals surface area contributed by atoms with Crippen LogP contribution in [0.1, 0.15) is 24.5 Å². The summed E-state index contributed by atoms with van der Waals surface area (Å²) in [6.45, 7) is 6.02. The minimum absolute atomic E-state index is 0.192. The summed E-state index contributed by atoms with van der Waals surface area (Å²) in [5.41, 5.74) is -0.428. The van der Waals surface area contributed by atoms with Crippen LogP contribution in [0.25, 0.3) is 5.76 Å². The van der Waals surface area contributed by atoms with Crippen molar-refractivity contribution in [2.75, 3.05) is 57.9 Å². The zero-order chi connectivity index (χ0) is 26.2. The van der Waals surface area contributed by atoms with Crippen molar-refractivity contribution in [3.63, 3.8) is 0 Å². The van der Waals surface area contributed by atoms with E-state index in [1.807, 2.05) is 19.1 Å². The van der Waals surface area contributed by atoms with Crippen LogP contribution in [0.3, 0.4) is 0 Å². The van der Waals surface area contributed by atoms with Crippen LogP contribution in [0.2, 0.25) is 0 Å². The third kappa shape index (κ3) is 3.89. The molecule has 3 aliphatic rings. The maximum atomic E-state index is 14.2. The molecule has 0 unspecified atom stereocenters. The molecule has 2 saturated heterocycles. The van der Waals surface area contributed by atoms with E-state index in [1.54, 1.807) is 41.3 Å². The Labute approximate surface area is 215 Å². The van der Waals surface area contributed by atoms with Crippen LogP contribution in [0.4, 0.5) is 5.69 Å². The van der Waals surface area contributed by atoms with Crippen LogP contribution in [0.5, 0.6) is 5.75 Å². The second-order valence-electron chi connectivity index (χ2n) is 9.32. The van der Waals surface area contributed by atoms with Crippen molar-refractivity contribution in [3.05, 3.63) is 65.2 Å². The molecular formula is C28H31N3O6. The van der Waals surface area contributed by atoms with Gasteiger partial charge in [0.15, 0.2) is 5.54 Å². The average molecular weight is 506 g/mol. The first-order valence-electron chi connectivity index (χ1n) is 12.6. The number of likely N-dealkylation sites (N-methyl/N-ethyl adjacent to an activating group) is 1. The Morgan fingerprint density at radius 2 is 1.73 bits per heavy atom. The van der Waals surface area contributed by atoms with Gasteiger partial charge in [0.25, 0.3) is 17.6 Å². The van der Waals surface area contributed by atoms with Crippen LogP contribution >= 0.6 is 0 Å². The predicted octanol–water partition coefficient (Wildman–Crippen LogP) is 2.36. The van der Waals surface area contributed by atoms with E-state index in [1.165, 1.54) is 12.0 Å². The molecule has 2 aromatic rings. The van der Waals surface area contributed by atoms with Crippen LogP contribution < -0.4 is 9.64 Å². The average Bonchev–Trinajstić information content (AvgIpc) is 3.31. The summed E-state index contributed by atoms with van der Waals surface area (Å²) in [7, 11) is 1.53. The number of aliphatic hydroxyl groups excluding tert-OH is 1. The molecule has 3 aliphatic heterocycles. The van der Waals surface area contributed by atoms with E-state index < -0.39 is 23.1 Å². The van der Waals surface area contributed by atoms with Crippen molar-refractivity contribution in [2.45, 2.75) is 18.9 Å². The number of nitrogens with zero attached hydrogens (tertiary/aromatic N) is 3. The van der Waals surface area contributed by atoms with Gasteiger partial charge in [0.1, 0.15) is 11.5 Å². The number of morpholine rings is 1. The Balaban J connectivity index is 1.63. The van der Waals surface area contributed by atoms with E-state index in [9.17, 15) is 19.5 Å². The van der Waals surface area contributed by atoms with Gasteiger partial charge < -0.3 is 24.4 Å². The molecule has 0 radical (unpaired) electrons. The number of aliphatic hydroxyl groups is 1. The number of anilines is 1. The highest BCUT2D eigenvalue weighted by molar-refractivity contribution is 6.50. The lowest BCUT2D eigenvalue weighted by Crippen LogP contribution is -2.52. The lowest BCUT2D eigenvalue weighted by molar-refractivity contribution is -0.143. The largest absolute Gasteiger partial charge is 0.507 e. The highest BCUT2D eigenvalue weighted by Gasteiger charge is 2.66. The molecule has 1 atom stereocenters. The van der Waals surface area contributed by atoms with Crippen LogP contribution in [-0.2, 0) is 24.7 Å². The number of hydrogen-bond donors (Lipinski definition) is 1. The standard InChI is InChI=1S/C28H31N3O6/c1-3-30-22-8-5-4-7-21(22)28(27(30)35)23(24(32)19-9-11-20(36-2)12-10-19)25(33)26(34)31(28)14-6-13-29-15-17-37-18-16-29/h4-5,7-12,32H,3,6,13-18H2,1-2H3/t28-/m0/s1. The molecule has 2 amide bonds. The van der Waals surface area contributed by atoms with Crippen molar-refractivity contribution >= 4 is 29.0 Å². The van der Waals surface area contributed by atoms with E-state index in [2.05, 4.69) is 4.90 Å². The van der Waals surface area contributed by atoms with Gasteiger partial charge in [0.2, 0.25) is 0 Å². The molecule has 1 N–H and O–H groups in total. The third-order valence-corrected chi connectivity index (χ3v) is 7.45. The zero-order valence-corrected chi connectivity index (χ0v) is 21.1. The molecule has 9 heteroatoms. The zero-order valence-electron chi connectivity index (χ0n) is 21.1. The van der Waals surface area contributed by atoms with Crippen molar-refractivity contribution < 1.29 is 29.0 Å². The second kappa shape index (κ2) is 9.99. The van der Waals surface area contributed by atoms with E-state index in [-0.39, 0.29) is 17.9 Å². The predicted molar refractivity (Wildman–Crippen MR) is 137 cm³/mol. The van der Waals surface area contributed by atoms with Gasteiger partial charge in [0.05, 0.1) is 31.6 Å². The molecule has 9 nitrogen and oxygen atoms in total. The molecule has 1 spiro atoms. The normalized spacial score (nSPS) is 23.2. The van der Waals surface area contributed by atoms with Crippen LogP contribution in [0.15, 0.2) is 54.1 Å². The number of likely N-dealkylation sites (tertiary alicyclic amines) is 1. The van der Waals surface area contributed by atoms with Gasteiger partial charge in [-0.25, -0.2) is 0 Å². The van der Waals surface area contributed by atoms with Gasteiger partial charge >= 0.3 is 0 Å². The van der Waals surface area contributed by atoms with Gasteiger partial charge in [-0.2, -0.15) is 0 Å². The maximum absolute atomic E-state index is 14.2. The Morgan fingerprint density at radius 3 is 2.41 bits per heavy atom. The summed E-state index contributed by atoms with van der Waals surface area (Å²) in [6.07, 6.45) is 0.568. The fourth-order valence-electron chi connectivity index (χ4n) is 5.65. The number of carbonyl (C=O) groups excluding carboxylic acids is 3. The number of ether oxygens (including phenoxy) is 2. The number of hydrogen-bond acceptors (Lipinski definition) is 7. The number of methoxy groups -OCH3 is 1. The van der Waals surface area contributed by atoms with E-state index in [0.29, 0.717) is 55.3 Å². The number of amides is 2. The Bertz CT molecular complexity index is 1250. The second-order valence-corrected chi connectivity index (χ2v) is 9.32. The van der Waals surface area contributed by atoms with Crippen molar-refractivity contribution in [2.24, 2.45) is 0 Å². The number of carbonyl (C=O) groups is 3. The van der Waals surface area contributed by atoms with E-state index in [4.69, 9.17) is 9.47 Å². The molecule has 2 fully saturated rings. The quantitative estimate of drug-likeness (QED) is 0.350. The summed E-state index contributed by atoms with van der Waals surface area (Å²) in [4.78, 5) is 46.6. The van der Waals surface area contributed by atoms with Crippen molar-refractivity contribution in [1.82, 2.24) is 9.80 Å². The molecule has 194 valence electrons. The molecular weight excluding hydrogens is 474 g/mol. The topological polar surface area (TPSA) is 99.6 Å². The van der Waals surface area contributed by atoms with Gasteiger partial charge in [-0.15, -0.1) is 0 Å². The number of para-hydroxylation sites is 1. The van der Waals surface area contributed by atoms with Crippen LogP contribution in [0, 0.1) is 0 Å². The van der Waals surface area contributed by atoms with Crippen molar-refractivity contribution in [3.8, 4) is 5.75 Å². The van der Waals surface area contributed by atoms with Gasteiger partial charge in [-0.05, 0) is 43.7 Å². The molecule has 0 saturated carbocycles. The minimum Gasteiger partial charge on any atom is -0.507 e. The number of ketones is 1. The highest BCUT2D eigenvalue weighted by atomic mass is 16.5. The van der Waals surface area contributed by atoms with E-state index in [0.717, 1.165) is 13.1 Å². The monoisotopic (exact) mass is 505 g/mol. The molecule has 37 heavy (non-hydrogen) atoms. The Morgan fingerprint density at radius 1 is 1.03 bits per heavy atom. The highest BCUT2D eigenvalue weighted by Crippen LogP contribution is 2.53. The van der Waals surface area contributed by atoms with Crippen LogP contribution in [-0.4, -0.2) is 85.6 Å². The number of Topliss-reactive ketones (excluding diaryl/α,β-unsaturated/α-hetero) is 1. The maximum Gasteiger partial charge on any atom is 0.296 e. The summed E-state index contributed by atoms with van der Waals surface area (Å²) >= 11 is 0. The number of rotatable bonds is 7. The summed E-state index contributed by atoms with van der Waals surface area (Å²) in [6, 6.07) is 13.7. The van der Waals surface area contributed by atoms with E-state index >= 15 is 0 Å². The fraction of sp³-hybridized carbons (Fsp3) is 0.393. The SMILES string of the molecule is CCN1C(=O)[C@@]2(C(=C(O)c3ccc(OC)cc3)C(=O)C(=O)N2CCCN2CCOCC2)c2ccccc21. The van der Waals surface area contributed by atoms with Gasteiger partial charge in [-0.1, -0.05) is 18.2 Å². The molecule has 0 aliphatic carbocycles. The first-order valence-corrected chi connectivity index (χ1v) is 12.6. The van der Waals surface area contributed by atoms with Gasteiger partial charge in [0, 0.05) is 43.9 Å². The molecule has 0 aromatic heterocycles. The third-order valence-electron chi connectivity index (χ3n) is 7.45. The molecule has 2 aromatic carbocycles. The Kier molecular flexibility index (Phi) is 6.74. The number of benzene rings is 2. The molecule has 5 rings (SSSR count). The minimum atomic E-state index is -1.73. The first-order chi connectivity index (χ1) is 17.9. The van der Waals surface area contributed by atoms with Crippen molar-refractivity contribution in [1.29, 1.82) is 0 Å². The fourth-order valence-corrected chi connectivity index (χ4v) is 5.65. The lowest BCUT2D eigenvalue weighted by atomic mass is 9.82. The summed E-state index contributed by atoms with van der Waals surface area (Å²) < 4.78 is 10.6. The van der Waals surface area contributed by atoms with Gasteiger partial charge in [-0.3, -0.25) is 19.3 Å².